The van der Waals surface area contributed by atoms with E-state index in [1.54, 1.807) is 0 Å². The fraction of sp³-hybridized carbons (Fsp3) is 0.929. The van der Waals surface area contributed by atoms with Crippen molar-refractivity contribution in [2.24, 2.45) is 5.73 Å². The molecule has 1 saturated carbocycles. The van der Waals surface area contributed by atoms with Crippen molar-refractivity contribution in [3.8, 4) is 0 Å². The van der Waals surface area contributed by atoms with Crippen molar-refractivity contribution in [1.82, 2.24) is 0 Å². The van der Waals surface area contributed by atoms with E-state index in [-0.39, 0.29) is 5.97 Å². The third kappa shape index (κ3) is 6.97. The highest BCUT2D eigenvalue weighted by atomic mass is 16.5. The van der Waals surface area contributed by atoms with Gasteiger partial charge in [-0.1, -0.05) is 6.42 Å². The molecule has 0 heterocycles. The van der Waals surface area contributed by atoms with Gasteiger partial charge in [0.05, 0.1) is 12.7 Å². The molecule has 0 saturated heterocycles. The SMILES string of the molecule is CCOC(=O)CCCCCOC1CCC(N)CC1. The van der Waals surface area contributed by atoms with Crippen molar-refractivity contribution in [1.29, 1.82) is 0 Å². The summed E-state index contributed by atoms with van der Waals surface area (Å²) in [6, 6.07) is 0.384. The Balaban J connectivity index is 1.88. The lowest BCUT2D eigenvalue weighted by Gasteiger charge is -2.26. The van der Waals surface area contributed by atoms with Crippen LogP contribution in [0.4, 0.5) is 0 Å². The molecule has 0 aromatic heterocycles. The second kappa shape index (κ2) is 9.34. The number of ether oxygens (including phenoxy) is 2. The second-order valence-electron chi connectivity index (χ2n) is 5.02. The van der Waals surface area contributed by atoms with E-state index in [1.165, 1.54) is 0 Å². The first-order chi connectivity index (χ1) is 8.72. The number of unbranched alkanes of at least 4 members (excludes halogenated alkanes) is 2. The molecule has 0 atom stereocenters. The molecule has 1 aliphatic rings. The van der Waals surface area contributed by atoms with E-state index in [4.69, 9.17) is 15.2 Å². The van der Waals surface area contributed by atoms with Crippen LogP contribution in [0.2, 0.25) is 0 Å². The Bertz CT molecular complexity index is 225. The number of hydrogen-bond acceptors (Lipinski definition) is 4. The zero-order chi connectivity index (χ0) is 13.2. The Kier molecular flexibility index (Phi) is 8.01. The van der Waals surface area contributed by atoms with Crippen LogP contribution in [0.1, 0.15) is 58.3 Å². The highest BCUT2D eigenvalue weighted by Crippen LogP contribution is 2.20. The maximum Gasteiger partial charge on any atom is 0.305 e. The fourth-order valence-electron chi connectivity index (χ4n) is 2.29. The second-order valence-corrected chi connectivity index (χ2v) is 5.02. The molecule has 0 spiro atoms. The van der Waals surface area contributed by atoms with Gasteiger partial charge in [0.2, 0.25) is 0 Å². The summed E-state index contributed by atoms with van der Waals surface area (Å²) in [7, 11) is 0. The number of esters is 1. The summed E-state index contributed by atoms with van der Waals surface area (Å²) in [6.07, 6.45) is 8.29. The van der Waals surface area contributed by atoms with Gasteiger partial charge in [0, 0.05) is 19.1 Å². The molecule has 0 unspecified atom stereocenters. The van der Waals surface area contributed by atoms with Crippen LogP contribution in [0.5, 0.6) is 0 Å². The third-order valence-corrected chi connectivity index (χ3v) is 3.40. The van der Waals surface area contributed by atoms with E-state index >= 15 is 0 Å². The molecule has 1 rings (SSSR count). The Morgan fingerprint density at radius 2 is 1.89 bits per heavy atom. The summed E-state index contributed by atoms with van der Waals surface area (Å²) < 4.78 is 10.7. The topological polar surface area (TPSA) is 61.5 Å². The highest BCUT2D eigenvalue weighted by Gasteiger charge is 2.18. The van der Waals surface area contributed by atoms with Gasteiger partial charge in [0.1, 0.15) is 0 Å². The minimum atomic E-state index is -0.0836. The van der Waals surface area contributed by atoms with Crippen LogP contribution in [0.25, 0.3) is 0 Å². The van der Waals surface area contributed by atoms with Crippen molar-refractivity contribution in [2.75, 3.05) is 13.2 Å². The van der Waals surface area contributed by atoms with Gasteiger partial charge < -0.3 is 15.2 Å². The molecule has 0 bridgehead atoms. The predicted octanol–water partition coefficient (Wildman–Crippen LogP) is 2.40. The zero-order valence-electron chi connectivity index (χ0n) is 11.5. The summed E-state index contributed by atoms with van der Waals surface area (Å²) in [5.41, 5.74) is 5.84. The van der Waals surface area contributed by atoms with Crippen LogP contribution in [-0.4, -0.2) is 31.3 Å². The molecule has 4 heteroatoms. The first-order valence-corrected chi connectivity index (χ1v) is 7.25. The quantitative estimate of drug-likeness (QED) is 0.536. The van der Waals surface area contributed by atoms with Gasteiger partial charge in [-0.15, -0.1) is 0 Å². The molecule has 0 radical (unpaired) electrons. The lowest BCUT2D eigenvalue weighted by Crippen LogP contribution is -2.30. The molecule has 1 aliphatic carbocycles. The minimum absolute atomic E-state index is 0.0836. The summed E-state index contributed by atoms with van der Waals surface area (Å²) in [5, 5.41) is 0. The van der Waals surface area contributed by atoms with Gasteiger partial charge in [-0.05, 0) is 45.4 Å². The van der Waals surface area contributed by atoms with Gasteiger partial charge in [0.25, 0.3) is 0 Å². The van der Waals surface area contributed by atoms with E-state index in [1.807, 2.05) is 6.92 Å². The minimum Gasteiger partial charge on any atom is -0.466 e. The number of hydrogen-bond donors (Lipinski definition) is 1. The molecule has 106 valence electrons. The number of rotatable bonds is 8. The number of carbonyl (C=O) groups is 1. The van der Waals surface area contributed by atoms with Gasteiger partial charge >= 0.3 is 5.97 Å². The standard InChI is InChI=1S/C14H27NO3/c1-2-17-14(16)6-4-3-5-11-18-13-9-7-12(15)8-10-13/h12-13H,2-11,15H2,1H3. The summed E-state index contributed by atoms with van der Waals surface area (Å²) in [6.45, 7) is 3.12. The van der Waals surface area contributed by atoms with Crippen molar-refractivity contribution < 1.29 is 14.3 Å². The normalized spacial score (nSPS) is 23.9. The van der Waals surface area contributed by atoms with Crippen LogP contribution in [0, 0.1) is 0 Å². The lowest BCUT2D eigenvalue weighted by atomic mass is 9.94. The van der Waals surface area contributed by atoms with E-state index in [9.17, 15) is 4.79 Å². The molecule has 0 amide bonds. The monoisotopic (exact) mass is 257 g/mol. The largest absolute Gasteiger partial charge is 0.466 e. The van der Waals surface area contributed by atoms with Crippen molar-refractivity contribution in [3.63, 3.8) is 0 Å². The van der Waals surface area contributed by atoms with Crippen LogP contribution in [0.15, 0.2) is 0 Å². The summed E-state index contributed by atoms with van der Waals surface area (Å²) in [4.78, 5) is 11.1. The molecule has 1 fully saturated rings. The van der Waals surface area contributed by atoms with Gasteiger partial charge in [-0.25, -0.2) is 0 Å². The highest BCUT2D eigenvalue weighted by molar-refractivity contribution is 5.69. The fourth-order valence-corrected chi connectivity index (χ4v) is 2.29. The van der Waals surface area contributed by atoms with Crippen LogP contribution >= 0.6 is 0 Å². The predicted molar refractivity (Wildman–Crippen MR) is 71.3 cm³/mol. The molecule has 0 aromatic rings. The lowest BCUT2D eigenvalue weighted by molar-refractivity contribution is -0.143. The van der Waals surface area contributed by atoms with Crippen LogP contribution in [-0.2, 0) is 14.3 Å². The van der Waals surface area contributed by atoms with Gasteiger partial charge in [0.15, 0.2) is 0 Å². The molecule has 0 aromatic carbocycles. The molecular formula is C14H27NO3. The van der Waals surface area contributed by atoms with Gasteiger partial charge in [-0.3, -0.25) is 4.79 Å². The first kappa shape index (κ1) is 15.4. The van der Waals surface area contributed by atoms with Crippen molar-refractivity contribution in [2.45, 2.75) is 70.4 Å². The average Bonchev–Trinajstić information content (AvgIpc) is 2.36. The summed E-state index contributed by atoms with van der Waals surface area (Å²) >= 11 is 0. The molecule has 4 nitrogen and oxygen atoms in total. The summed E-state index contributed by atoms with van der Waals surface area (Å²) in [5.74, 6) is -0.0836. The molecule has 0 aliphatic heterocycles. The Labute approximate surface area is 110 Å². The van der Waals surface area contributed by atoms with Crippen molar-refractivity contribution >= 4 is 5.97 Å². The number of carbonyl (C=O) groups excluding carboxylic acids is 1. The Morgan fingerprint density at radius 1 is 1.17 bits per heavy atom. The third-order valence-electron chi connectivity index (χ3n) is 3.40. The zero-order valence-corrected chi connectivity index (χ0v) is 11.5. The Morgan fingerprint density at radius 3 is 2.56 bits per heavy atom. The first-order valence-electron chi connectivity index (χ1n) is 7.25. The molecular weight excluding hydrogens is 230 g/mol. The van der Waals surface area contributed by atoms with Crippen LogP contribution < -0.4 is 5.73 Å². The van der Waals surface area contributed by atoms with Gasteiger partial charge in [-0.2, -0.15) is 0 Å². The smallest absolute Gasteiger partial charge is 0.305 e. The molecule has 2 N–H and O–H groups in total. The van der Waals surface area contributed by atoms with E-state index in [2.05, 4.69) is 0 Å². The van der Waals surface area contributed by atoms with Crippen molar-refractivity contribution in [3.05, 3.63) is 0 Å². The van der Waals surface area contributed by atoms with Crippen LogP contribution in [0.3, 0.4) is 0 Å². The van der Waals surface area contributed by atoms with E-state index < -0.39 is 0 Å². The Hall–Kier alpha value is -0.610. The van der Waals surface area contributed by atoms with E-state index in [0.717, 1.165) is 51.6 Å². The van der Waals surface area contributed by atoms with E-state index in [0.29, 0.717) is 25.2 Å². The maximum atomic E-state index is 11.1. The molecule has 18 heavy (non-hydrogen) atoms. The maximum absolute atomic E-state index is 11.1. The number of nitrogens with two attached hydrogens (primary N) is 1. The average molecular weight is 257 g/mol.